The first-order valence-corrected chi connectivity index (χ1v) is 19.1. The zero-order chi connectivity index (χ0) is 39.7. The summed E-state index contributed by atoms with van der Waals surface area (Å²) in [6.45, 7) is 2.83. The van der Waals surface area contributed by atoms with Gasteiger partial charge in [0.1, 0.15) is 17.3 Å². The number of likely N-dealkylation sites (tertiary alicyclic amines) is 1. The average molecular weight is 779 g/mol. The Labute approximate surface area is 326 Å². The van der Waals surface area contributed by atoms with Crippen LogP contribution in [-0.2, 0) is 40.0 Å². The number of rotatable bonds is 10. The number of esters is 1. The zero-order valence-corrected chi connectivity index (χ0v) is 31.3. The highest BCUT2D eigenvalue weighted by Crippen LogP contribution is 2.38. The van der Waals surface area contributed by atoms with Gasteiger partial charge in [-0.05, 0) is 55.0 Å². The molecule has 0 bridgehead atoms. The van der Waals surface area contributed by atoms with Crippen molar-refractivity contribution >= 4 is 28.7 Å². The van der Waals surface area contributed by atoms with Gasteiger partial charge in [0.05, 0.1) is 38.1 Å². The van der Waals surface area contributed by atoms with Gasteiger partial charge in [-0.2, -0.15) is 18.3 Å². The van der Waals surface area contributed by atoms with Crippen molar-refractivity contribution in [2.45, 2.75) is 64.0 Å². The van der Waals surface area contributed by atoms with E-state index in [2.05, 4.69) is 50.3 Å². The van der Waals surface area contributed by atoms with Gasteiger partial charge < -0.3 is 19.1 Å². The van der Waals surface area contributed by atoms with Gasteiger partial charge >= 0.3 is 12.1 Å². The molecule has 2 aliphatic heterocycles. The molecule has 6 aromatic rings. The van der Waals surface area contributed by atoms with Crippen molar-refractivity contribution in [3.63, 3.8) is 0 Å². The second kappa shape index (κ2) is 15.7. The molecular weight excluding hydrogens is 738 g/mol. The summed E-state index contributed by atoms with van der Waals surface area (Å²) in [5.41, 5.74) is 3.87. The number of carbonyl (C=O) groups excluding carboxylic acids is 3. The summed E-state index contributed by atoms with van der Waals surface area (Å²) in [6, 6.07) is 26.5. The fraction of sp³-hybridized carbons (Fsp3) is 0.333. The van der Waals surface area contributed by atoms with E-state index >= 15 is 0 Å². The topological polar surface area (TPSA) is 120 Å². The van der Waals surface area contributed by atoms with Crippen LogP contribution in [0, 0.1) is 0 Å². The molecule has 0 aliphatic carbocycles. The second-order valence-corrected chi connectivity index (χ2v) is 14.3. The predicted molar refractivity (Wildman–Crippen MR) is 204 cm³/mol. The van der Waals surface area contributed by atoms with Crippen molar-refractivity contribution in [1.29, 1.82) is 0 Å². The molecule has 2 amide bonds. The summed E-state index contributed by atoms with van der Waals surface area (Å²) >= 11 is 0. The molecule has 5 heterocycles. The van der Waals surface area contributed by atoms with Crippen LogP contribution < -0.4 is 0 Å². The number of hydrogen-bond acceptors (Lipinski definition) is 7. The third kappa shape index (κ3) is 7.53. The SMILES string of the molecule is CCOC(=O)c1cnn(C2CCN(C(=O)C3c4ccccc4CCN3C(=O)CCn3cc(Cn4c(-c5ccccc5)cc5ccccc54)nn3)CC2)c1C(F)(F)F. The minimum atomic E-state index is -4.84. The number of aryl methyl sites for hydroxylation is 1. The Morgan fingerprint density at radius 2 is 1.65 bits per heavy atom. The summed E-state index contributed by atoms with van der Waals surface area (Å²) in [4.78, 5) is 43.9. The Hall–Kier alpha value is -6.25. The van der Waals surface area contributed by atoms with Crippen molar-refractivity contribution < 1.29 is 32.3 Å². The van der Waals surface area contributed by atoms with Crippen molar-refractivity contribution in [1.82, 2.24) is 39.1 Å². The quantitative estimate of drug-likeness (QED) is 0.142. The predicted octanol–water partition coefficient (Wildman–Crippen LogP) is 6.72. The lowest BCUT2D eigenvalue weighted by atomic mass is 9.90. The molecule has 0 radical (unpaired) electrons. The number of carbonyl (C=O) groups is 3. The fourth-order valence-corrected chi connectivity index (χ4v) is 8.15. The first-order valence-electron chi connectivity index (χ1n) is 19.1. The normalized spacial score (nSPS) is 16.2. The van der Waals surface area contributed by atoms with Gasteiger partial charge in [0.15, 0.2) is 5.69 Å². The van der Waals surface area contributed by atoms with E-state index in [1.807, 2.05) is 60.8 Å². The van der Waals surface area contributed by atoms with Crippen molar-refractivity contribution in [3.8, 4) is 11.3 Å². The van der Waals surface area contributed by atoms with E-state index in [1.54, 1.807) is 14.5 Å². The Kier molecular flexibility index (Phi) is 10.4. The molecule has 0 spiro atoms. The Balaban J connectivity index is 0.959. The maximum absolute atomic E-state index is 14.4. The summed E-state index contributed by atoms with van der Waals surface area (Å²) in [7, 11) is 0. The average Bonchev–Trinajstić information content (AvgIpc) is 3.98. The van der Waals surface area contributed by atoms with Crippen LogP contribution in [0.2, 0.25) is 0 Å². The molecule has 0 saturated carbocycles. The Morgan fingerprint density at radius 3 is 2.42 bits per heavy atom. The Morgan fingerprint density at radius 1 is 0.912 bits per heavy atom. The van der Waals surface area contributed by atoms with E-state index in [9.17, 15) is 27.6 Å². The van der Waals surface area contributed by atoms with Crippen molar-refractivity contribution in [3.05, 3.63) is 125 Å². The first kappa shape index (κ1) is 37.7. The lowest BCUT2D eigenvalue weighted by Gasteiger charge is -2.41. The molecule has 8 rings (SSSR count). The molecule has 15 heteroatoms. The largest absolute Gasteiger partial charge is 0.462 e. The number of nitrogens with zero attached hydrogens (tertiary/aromatic N) is 8. The third-order valence-electron chi connectivity index (χ3n) is 10.9. The number of amides is 2. The van der Waals surface area contributed by atoms with Crippen LogP contribution in [-0.4, -0.2) is 83.2 Å². The van der Waals surface area contributed by atoms with Crippen LogP contribution in [0.5, 0.6) is 0 Å². The number of aromatic nitrogens is 6. The first-order chi connectivity index (χ1) is 27.6. The lowest BCUT2D eigenvalue weighted by Crippen LogP contribution is -2.50. The van der Waals surface area contributed by atoms with Crippen molar-refractivity contribution in [2.75, 3.05) is 26.2 Å². The van der Waals surface area contributed by atoms with Crippen LogP contribution in [0.3, 0.4) is 0 Å². The number of ether oxygens (including phenoxy) is 1. The van der Waals surface area contributed by atoms with Crippen LogP contribution in [0.25, 0.3) is 22.2 Å². The molecule has 57 heavy (non-hydrogen) atoms. The fourth-order valence-electron chi connectivity index (χ4n) is 8.15. The molecule has 1 saturated heterocycles. The molecule has 1 fully saturated rings. The maximum atomic E-state index is 14.4. The smallest absolute Gasteiger partial charge is 0.433 e. The van der Waals surface area contributed by atoms with Gasteiger partial charge in [-0.25, -0.2) is 4.79 Å². The molecule has 12 nitrogen and oxygen atoms in total. The molecule has 0 N–H and O–H groups in total. The number of hydrogen-bond donors (Lipinski definition) is 0. The summed E-state index contributed by atoms with van der Waals surface area (Å²) in [5, 5.41) is 13.8. The minimum absolute atomic E-state index is 0.0734. The van der Waals surface area contributed by atoms with Gasteiger partial charge in [-0.3, -0.25) is 19.0 Å². The second-order valence-electron chi connectivity index (χ2n) is 14.3. The minimum Gasteiger partial charge on any atom is -0.462 e. The highest BCUT2D eigenvalue weighted by atomic mass is 19.4. The van der Waals surface area contributed by atoms with Crippen LogP contribution >= 0.6 is 0 Å². The molecule has 1 atom stereocenters. The summed E-state index contributed by atoms with van der Waals surface area (Å²) < 4.78 is 52.1. The number of fused-ring (bicyclic) bond motifs is 2. The number of halogens is 3. The summed E-state index contributed by atoms with van der Waals surface area (Å²) in [6.07, 6.45) is -1.07. The monoisotopic (exact) mass is 778 g/mol. The molecule has 3 aromatic carbocycles. The van der Waals surface area contributed by atoms with E-state index in [1.165, 1.54) is 6.92 Å². The highest BCUT2D eigenvalue weighted by molar-refractivity contribution is 5.91. The van der Waals surface area contributed by atoms with Gasteiger partial charge in [0.2, 0.25) is 11.8 Å². The molecule has 2 aliphatic rings. The van der Waals surface area contributed by atoms with E-state index in [0.717, 1.165) is 49.9 Å². The maximum Gasteiger partial charge on any atom is 0.433 e. The van der Waals surface area contributed by atoms with E-state index < -0.39 is 35.5 Å². The highest BCUT2D eigenvalue weighted by Gasteiger charge is 2.44. The van der Waals surface area contributed by atoms with Crippen LogP contribution in [0.1, 0.15) is 71.1 Å². The van der Waals surface area contributed by atoms with Gasteiger partial charge in [0, 0.05) is 42.7 Å². The van der Waals surface area contributed by atoms with Crippen LogP contribution in [0.15, 0.2) is 97.3 Å². The summed E-state index contributed by atoms with van der Waals surface area (Å²) in [5.74, 6) is -1.58. The number of piperidine rings is 1. The van der Waals surface area contributed by atoms with Gasteiger partial charge in [-0.15, -0.1) is 5.10 Å². The number of alkyl halides is 3. The van der Waals surface area contributed by atoms with Gasteiger partial charge in [0.25, 0.3) is 0 Å². The molecular formula is C42H41F3N8O4. The number of para-hydroxylation sites is 1. The molecule has 294 valence electrons. The molecule has 3 aromatic heterocycles. The van der Waals surface area contributed by atoms with Crippen molar-refractivity contribution in [2.24, 2.45) is 0 Å². The zero-order valence-electron chi connectivity index (χ0n) is 31.3. The van der Waals surface area contributed by atoms with Gasteiger partial charge in [-0.1, -0.05) is 78.0 Å². The standard InChI is InChI=1S/C42H41F3N8O4/c1-2-57-41(56)34-25-46-53(39(34)42(43,44)45)32-17-20-49(21-18-32)40(55)38-33-14-8-6-10-28(33)16-23-51(38)37(54)19-22-50-26-31(47-48-50)27-52-35-15-9-7-13-30(35)24-36(52)29-11-4-3-5-12-29/h3-15,24-26,32,38H,2,16-23,27H2,1H3. The Bertz CT molecular complexity index is 2410. The van der Waals surface area contributed by atoms with E-state index in [0.29, 0.717) is 19.5 Å². The molecule has 1 unspecified atom stereocenters. The number of benzene rings is 3. The van der Waals surface area contributed by atoms with E-state index in [-0.39, 0.29) is 57.3 Å². The lowest BCUT2D eigenvalue weighted by molar-refractivity contribution is -0.149. The third-order valence-corrected chi connectivity index (χ3v) is 10.9. The van der Waals surface area contributed by atoms with Crippen LogP contribution in [0.4, 0.5) is 13.2 Å². The van der Waals surface area contributed by atoms with E-state index in [4.69, 9.17) is 4.74 Å².